The van der Waals surface area contributed by atoms with Crippen molar-refractivity contribution < 1.29 is 14.6 Å². The Bertz CT molecular complexity index is 678. The van der Waals surface area contributed by atoms with E-state index in [1.165, 1.54) is 0 Å². The number of thioether (sulfide) groups is 1. The zero-order valence-electron chi connectivity index (χ0n) is 12.4. The normalized spacial score (nSPS) is 15.7. The van der Waals surface area contributed by atoms with Gasteiger partial charge in [-0.1, -0.05) is 12.1 Å². The molecule has 1 aromatic carbocycles. The zero-order valence-corrected chi connectivity index (χ0v) is 13.2. The third kappa shape index (κ3) is 3.27. The maximum atomic E-state index is 11.0. The number of hydrogen-bond acceptors (Lipinski definition) is 4. The van der Waals surface area contributed by atoms with Crippen LogP contribution in [0.1, 0.15) is 23.3 Å². The van der Waals surface area contributed by atoms with Crippen LogP contribution in [-0.4, -0.2) is 38.5 Å². The molecule has 0 amide bonds. The third-order valence-corrected chi connectivity index (χ3v) is 4.75. The summed E-state index contributed by atoms with van der Waals surface area (Å²) < 4.78 is 7.64. The smallest absolute Gasteiger partial charge is 0.356 e. The highest BCUT2D eigenvalue weighted by Crippen LogP contribution is 2.27. The predicted molar refractivity (Wildman–Crippen MR) is 86.6 cm³/mol. The summed E-state index contributed by atoms with van der Waals surface area (Å²) in [6.45, 7) is 0. The highest BCUT2D eigenvalue weighted by atomic mass is 32.2. The van der Waals surface area contributed by atoms with Gasteiger partial charge in [0.25, 0.3) is 0 Å². The summed E-state index contributed by atoms with van der Waals surface area (Å²) >= 11 is 1.97. The molecule has 0 radical (unpaired) electrons. The molecule has 1 aliphatic heterocycles. The average Bonchev–Trinajstić information content (AvgIpc) is 2.91. The first-order valence-corrected chi connectivity index (χ1v) is 8.41. The van der Waals surface area contributed by atoms with Gasteiger partial charge in [0.1, 0.15) is 11.9 Å². The van der Waals surface area contributed by atoms with Gasteiger partial charge in [-0.2, -0.15) is 16.9 Å². The van der Waals surface area contributed by atoms with E-state index in [0.717, 1.165) is 41.4 Å². The number of carboxylic acids is 1. The van der Waals surface area contributed by atoms with Crippen molar-refractivity contribution in [3.05, 3.63) is 36.0 Å². The molecule has 2 heterocycles. The van der Waals surface area contributed by atoms with Crippen LogP contribution >= 0.6 is 11.8 Å². The number of nitrogens with zero attached hydrogens (tertiary/aromatic N) is 2. The Hall–Kier alpha value is -1.95. The van der Waals surface area contributed by atoms with Gasteiger partial charge in [0.05, 0.1) is 5.69 Å². The van der Waals surface area contributed by atoms with Gasteiger partial charge in [-0.25, -0.2) is 4.79 Å². The summed E-state index contributed by atoms with van der Waals surface area (Å²) in [5, 5.41) is 13.0. The molecule has 1 saturated heterocycles. The molecule has 0 saturated carbocycles. The molecular formula is C16H18N2O3S. The van der Waals surface area contributed by atoms with Crippen LogP contribution in [0.4, 0.5) is 0 Å². The first-order valence-electron chi connectivity index (χ1n) is 7.25. The Morgan fingerprint density at radius 3 is 2.82 bits per heavy atom. The van der Waals surface area contributed by atoms with Crippen molar-refractivity contribution in [2.75, 3.05) is 11.5 Å². The van der Waals surface area contributed by atoms with Crippen LogP contribution in [0.5, 0.6) is 5.75 Å². The van der Waals surface area contributed by atoms with E-state index < -0.39 is 5.97 Å². The Balaban J connectivity index is 1.82. The zero-order chi connectivity index (χ0) is 15.5. The molecule has 2 aromatic rings. The van der Waals surface area contributed by atoms with E-state index in [9.17, 15) is 4.79 Å². The van der Waals surface area contributed by atoms with Gasteiger partial charge >= 0.3 is 5.97 Å². The number of hydrogen-bond donors (Lipinski definition) is 1. The number of ether oxygens (including phenoxy) is 1. The molecule has 0 atom stereocenters. The Labute approximate surface area is 133 Å². The molecule has 3 rings (SSSR count). The van der Waals surface area contributed by atoms with Crippen LogP contribution in [0.3, 0.4) is 0 Å². The molecule has 6 heteroatoms. The fraction of sp³-hybridized carbons (Fsp3) is 0.375. The van der Waals surface area contributed by atoms with Crippen LogP contribution in [-0.2, 0) is 7.05 Å². The molecule has 5 nitrogen and oxygen atoms in total. The lowest BCUT2D eigenvalue weighted by atomic mass is 10.1. The fourth-order valence-electron chi connectivity index (χ4n) is 2.56. The number of aromatic carboxylic acids is 1. The maximum Gasteiger partial charge on any atom is 0.356 e. The van der Waals surface area contributed by atoms with Crippen molar-refractivity contribution >= 4 is 17.7 Å². The highest BCUT2D eigenvalue weighted by Gasteiger charge is 2.16. The van der Waals surface area contributed by atoms with Gasteiger partial charge in [0.15, 0.2) is 5.69 Å². The van der Waals surface area contributed by atoms with Crippen molar-refractivity contribution in [3.63, 3.8) is 0 Å². The van der Waals surface area contributed by atoms with Crippen molar-refractivity contribution in [1.82, 2.24) is 9.78 Å². The molecule has 1 fully saturated rings. The minimum Gasteiger partial charge on any atom is -0.490 e. The standard InChI is InChI=1S/C16H18N2O3S/c1-18-15(10-14(17-18)16(19)20)11-3-2-4-13(9-11)21-12-5-7-22-8-6-12/h2-4,9-10,12H,5-8H2,1H3,(H,19,20). The van der Waals surface area contributed by atoms with E-state index in [2.05, 4.69) is 5.10 Å². The first kappa shape index (κ1) is 15.0. The summed E-state index contributed by atoms with van der Waals surface area (Å²) in [5.41, 5.74) is 1.72. The molecule has 116 valence electrons. The maximum absolute atomic E-state index is 11.0. The molecule has 0 spiro atoms. The van der Waals surface area contributed by atoms with E-state index in [1.807, 2.05) is 36.0 Å². The Kier molecular flexibility index (Phi) is 4.38. The van der Waals surface area contributed by atoms with E-state index in [4.69, 9.17) is 9.84 Å². The summed E-state index contributed by atoms with van der Waals surface area (Å²) in [7, 11) is 1.74. The van der Waals surface area contributed by atoms with E-state index in [0.29, 0.717) is 0 Å². The number of aryl methyl sites for hydroxylation is 1. The van der Waals surface area contributed by atoms with Gasteiger partial charge < -0.3 is 9.84 Å². The van der Waals surface area contributed by atoms with Crippen LogP contribution in [0.15, 0.2) is 30.3 Å². The molecule has 0 unspecified atom stereocenters. The minimum absolute atomic E-state index is 0.0492. The first-order chi connectivity index (χ1) is 10.6. The average molecular weight is 318 g/mol. The lowest BCUT2D eigenvalue weighted by Crippen LogP contribution is -2.22. The van der Waals surface area contributed by atoms with Crippen molar-refractivity contribution in [2.24, 2.45) is 7.05 Å². The minimum atomic E-state index is -1.02. The number of carboxylic acid groups (broad SMARTS) is 1. The van der Waals surface area contributed by atoms with Crippen molar-refractivity contribution in [2.45, 2.75) is 18.9 Å². The SMILES string of the molecule is Cn1nc(C(=O)O)cc1-c1cccc(OC2CCSCC2)c1. The van der Waals surface area contributed by atoms with Gasteiger partial charge in [0.2, 0.25) is 0 Å². The van der Waals surface area contributed by atoms with Gasteiger partial charge in [0, 0.05) is 12.6 Å². The number of aromatic nitrogens is 2. The molecular weight excluding hydrogens is 300 g/mol. The largest absolute Gasteiger partial charge is 0.490 e. The number of benzene rings is 1. The Morgan fingerprint density at radius 1 is 1.36 bits per heavy atom. The molecule has 1 aromatic heterocycles. The summed E-state index contributed by atoms with van der Waals surface area (Å²) in [4.78, 5) is 11.0. The lowest BCUT2D eigenvalue weighted by Gasteiger charge is -2.23. The second-order valence-corrected chi connectivity index (χ2v) is 6.53. The van der Waals surface area contributed by atoms with Crippen molar-refractivity contribution in [3.8, 4) is 17.0 Å². The Morgan fingerprint density at radius 2 is 2.14 bits per heavy atom. The molecule has 22 heavy (non-hydrogen) atoms. The van der Waals surface area contributed by atoms with E-state index in [-0.39, 0.29) is 11.8 Å². The quantitative estimate of drug-likeness (QED) is 0.938. The fourth-order valence-corrected chi connectivity index (χ4v) is 3.62. The van der Waals surface area contributed by atoms with E-state index in [1.54, 1.807) is 17.8 Å². The van der Waals surface area contributed by atoms with Gasteiger partial charge in [-0.3, -0.25) is 4.68 Å². The number of rotatable bonds is 4. The second-order valence-electron chi connectivity index (χ2n) is 5.30. The van der Waals surface area contributed by atoms with Crippen LogP contribution in [0.25, 0.3) is 11.3 Å². The second kappa shape index (κ2) is 6.44. The van der Waals surface area contributed by atoms with Gasteiger partial charge in [-0.05, 0) is 42.5 Å². The topological polar surface area (TPSA) is 64.4 Å². The van der Waals surface area contributed by atoms with Gasteiger partial charge in [-0.15, -0.1) is 0 Å². The third-order valence-electron chi connectivity index (χ3n) is 3.70. The summed E-state index contributed by atoms with van der Waals surface area (Å²) in [6, 6.07) is 9.34. The molecule has 1 N–H and O–H groups in total. The monoisotopic (exact) mass is 318 g/mol. The summed E-state index contributed by atoms with van der Waals surface area (Å²) in [6.07, 6.45) is 2.42. The molecule has 0 bridgehead atoms. The predicted octanol–water partition coefficient (Wildman–Crippen LogP) is 3.06. The summed E-state index contributed by atoms with van der Waals surface area (Å²) in [5.74, 6) is 2.10. The highest BCUT2D eigenvalue weighted by molar-refractivity contribution is 7.99. The lowest BCUT2D eigenvalue weighted by molar-refractivity contribution is 0.0689. The van der Waals surface area contributed by atoms with Crippen LogP contribution in [0, 0.1) is 0 Å². The number of carbonyl (C=O) groups is 1. The van der Waals surface area contributed by atoms with Crippen LogP contribution < -0.4 is 4.74 Å². The molecule has 0 aliphatic carbocycles. The van der Waals surface area contributed by atoms with Crippen LogP contribution in [0.2, 0.25) is 0 Å². The molecule has 1 aliphatic rings. The van der Waals surface area contributed by atoms with Crippen molar-refractivity contribution in [1.29, 1.82) is 0 Å². The van der Waals surface area contributed by atoms with E-state index >= 15 is 0 Å².